The molecule has 1 aliphatic rings. The Labute approximate surface area is 100 Å². The molecule has 0 bridgehead atoms. The lowest BCUT2D eigenvalue weighted by molar-refractivity contribution is 0.0448. The third kappa shape index (κ3) is 3.00. The van der Waals surface area contributed by atoms with E-state index < -0.39 is 5.60 Å². The van der Waals surface area contributed by atoms with Crippen molar-refractivity contribution in [3.63, 3.8) is 0 Å². The van der Waals surface area contributed by atoms with Gasteiger partial charge in [-0.2, -0.15) is 0 Å². The van der Waals surface area contributed by atoms with Gasteiger partial charge in [-0.1, -0.05) is 12.8 Å². The van der Waals surface area contributed by atoms with Crippen LogP contribution in [0.4, 0.5) is 0 Å². The molecule has 1 fully saturated rings. The van der Waals surface area contributed by atoms with Crippen LogP contribution < -0.4 is 5.32 Å². The Balaban J connectivity index is 1.91. The van der Waals surface area contributed by atoms with Gasteiger partial charge in [-0.25, -0.2) is 4.98 Å². The molecule has 5 nitrogen and oxygen atoms in total. The van der Waals surface area contributed by atoms with E-state index in [9.17, 15) is 9.90 Å². The molecular formula is C12H17N3O2. The van der Waals surface area contributed by atoms with Gasteiger partial charge in [-0.3, -0.25) is 9.78 Å². The van der Waals surface area contributed by atoms with E-state index >= 15 is 0 Å². The fourth-order valence-electron chi connectivity index (χ4n) is 2.06. The number of rotatable bonds is 3. The van der Waals surface area contributed by atoms with Crippen LogP contribution in [0.5, 0.6) is 0 Å². The van der Waals surface area contributed by atoms with E-state index in [1.165, 1.54) is 6.20 Å². The van der Waals surface area contributed by atoms with E-state index in [0.717, 1.165) is 31.4 Å². The fourth-order valence-corrected chi connectivity index (χ4v) is 2.06. The normalized spacial score (nSPS) is 18.0. The van der Waals surface area contributed by atoms with Crippen molar-refractivity contribution in [1.82, 2.24) is 15.3 Å². The number of hydrogen-bond donors (Lipinski definition) is 2. The summed E-state index contributed by atoms with van der Waals surface area (Å²) in [6.45, 7) is 2.11. The maximum atomic E-state index is 11.7. The third-order valence-corrected chi connectivity index (χ3v) is 3.13. The molecule has 1 heterocycles. The fraction of sp³-hybridized carbons (Fsp3) is 0.583. The second kappa shape index (κ2) is 4.79. The van der Waals surface area contributed by atoms with Crippen LogP contribution in [0.2, 0.25) is 0 Å². The van der Waals surface area contributed by atoms with Gasteiger partial charge in [0.2, 0.25) is 0 Å². The first-order valence-corrected chi connectivity index (χ1v) is 5.88. The van der Waals surface area contributed by atoms with E-state index in [0.29, 0.717) is 6.54 Å². The van der Waals surface area contributed by atoms with Gasteiger partial charge in [0.05, 0.1) is 17.5 Å². The number of nitrogens with zero attached hydrogens (tertiary/aromatic N) is 2. The van der Waals surface area contributed by atoms with E-state index in [1.54, 1.807) is 6.20 Å². The number of nitrogens with one attached hydrogen (secondary N) is 1. The number of hydrogen-bond acceptors (Lipinski definition) is 4. The average Bonchev–Trinajstić information content (AvgIpc) is 2.75. The zero-order chi connectivity index (χ0) is 12.3. The van der Waals surface area contributed by atoms with Crippen molar-refractivity contribution >= 4 is 5.91 Å². The molecule has 2 N–H and O–H groups in total. The van der Waals surface area contributed by atoms with Crippen LogP contribution in [-0.4, -0.2) is 33.1 Å². The van der Waals surface area contributed by atoms with Crippen LogP contribution in [0, 0.1) is 6.92 Å². The monoisotopic (exact) mass is 235 g/mol. The van der Waals surface area contributed by atoms with Gasteiger partial charge in [0.1, 0.15) is 5.69 Å². The molecule has 0 aromatic carbocycles. The van der Waals surface area contributed by atoms with Crippen molar-refractivity contribution in [2.75, 3.05) is 6.54 Å². The first-order valence-electron chi connectivity index (χ1n) is 5.88. The molecule has 5 heteroatoms. The van der Waals surface area contributed by atoms with E-state index in [4.69, 9.17) is 0 Å². The minimum Gasteiger partial charge on any atom is -0.388 e. The maximum Gasteiger partial charge on any atom is 0.271 e. The first-order chi connectivity index (χ1) is 8.09. The van der Waals surface area contributed by atoms with Gasteiger partial charge in [0.25, 0.3) is 5.91 Å². The molecule has 0 unspecified atom stereocenters. The molecular weight excluding hydrogens is 218 g/mol. The van der Waals surface area contributed by atoms with Gasteiger partial charge in [-0.15, -0.1) is 0 Å². The van der Waals surface area contributed by atoms with Crippen molar-refractivity contribution in [1.29, 1.82) is 0 Å². The summed E-state index contributed by atoms with van der Waals surface area (Å²) >= 11 is 0. The first kappa shape index (κ1) is 12.0. The van der Waals surface area contributed by atoms with Crippen LogP contribution in [-0.2, 0) is 0 Å². The number of amides is 1. The van der Waals surface area contributed by atoms with Crippen molar-refractivity contribution in [3.8, 4) is 0 Å². The molecule has 1 amide bonds. The van der Waals surface area contributed by atoms with Crippen LogP contribution in [0.25, 0.3) is 0 Å². The molecule has 2 rings (SSSR count). The topological polar surface area (TPSA) is 75.1 Å². The van der Waals surface area contributed by atoms with Crippen LogP contribution in [0.3, 0.4) is 0 Å². The number of aliphatic hydroxyl groups is 1. The smallest absolute Gasteiger partial charge is 0.271 e. The second-order valence-corrected chi connectivity index (χ2v) is 4.66. The van der Waals surface area contributed by atoms with Crippen molar-refractivity contribution in [2.45, 2.75) is 38.2 Å². The Hall–Kier alpha value is -1.49. The minimum atomic E-state index is -0.728. The van der Waals surface area contributed by atoms with Gasteiger partial charge >= 0.3 is 0 Å². The van der Waals surface area contributed by atoms with E-state index in [1.807, 2.05) is 6.92 Å². The van der Waals surface area contributed by atoms with Crippen LogP contribution >= 0.6 is 0 Å². The molecule has 0 aliphatic heterocycles. The zero-order valence-corrected chi connectivity index (χ0v) is 9.94. The standard InChI is InChI=1S/C12H17N3O2/c1-9-6-14-10(7-13-9)11(16)15-8-12(17)4-2-3-5-12/h6-7,17H,2-5,8H2,1H3,(H,15,16). The third-order valence-electron chi connectivity index (χ3n) is 3.13. The predicted octanol–water partition coefficient (Wildman–Crippen LogP) is 0.820. The highest BCUT2D eigenvalue weighted by Gasteiger charge is 2.31. The highest BCUT2D eigenvalue weighted by molar-refractivity contribution is 5.91. The average molecular weight is 235 g/mol. The predicted molar refractivity (Wildman–Crippen MR) is 62.5 cm³/mol. The van der Waals surface area contributed by atoms with Crippen LogP contribution in [0.15, 0.2) is 12.4 Å². The molecule has 0 atom stereocenters. The molecule has 0 spiro atoms. The summed E-state index contributed by atoms with van der Waals surface area (Å²) in [5.74, 6) is -0.280. The SMILES string of the molecule is Cc1cnc(C(=O)NCC2(O)CCCC2)cn1. The molecule has 1 aliphatic carbocycles. The molecule has 17 heavy (non-hydrogen) atoms. The highest BCUT2D eigenvalue weighted by atomic mass is 16.3. The lowest BCUT2D eigenvalue weighted by Crippen LogP contribution is -2.41. The summed E-state index contributed by atoms with van der Waals surface area (Å²) in [4.78, 5) is 19.7. The Morgan fingerprint density at radius 1 is 1.41 bits per heavy atom. The lowest BCUT2D eigenvalue weighted by Gasteiger charge is -2.22. The van der Waals surface area contributed by atoms with E-state index in [2.05, 4.69) is 15.3 Å². The minimum absolute atomic E-state index is 0.280. The lowest BCUT2D eigenvalue weighted by atomic mass is 10.0. The molecule has 1 saturated carbocycles. The molecule has 0 radical (unpaired) electrons. The van der Waals surface area contributed by atoms with Crippen molar-refractivity contribution in [3.05, 3.63) is 23.8 Å². The summed E-state index contributed by atoms with van der Waals surface area (Å²) in [5, 5.41) is 12.8. The second-order valence-electron chi connectivity index (χ2n) is 4.66. The van der Waals surface area contributed by atoms with Crippen molar-refractivity contribution < 1.29 is 9.90 Å². The molecule has 1 aromatic rings. The summed E-state index contributed by atoms with van der Waals surface area (Å²) in [6.07, 6.45) is 6.57. The molecule has 92 valence electrons. The summed E-state index contributed by atoms with van der Waals surface area (Å²) < 4.78 is 0. The van der Waals surface area contributed by atoms with Gasteiger partial charge < -0.3 is 10.4 Å². The number of aromatic nitrogens is 2. The zero-order valence-electron chi connectivity index (χ0n) is 9.94. The summed E-state index contributed by atoms with van der Waals surface area (Å²) in [5.41, 5.74) is 0.335. The Bertz CT molecular complexity index is 397. The molecule has 1 aromatic heterocycles. The summed E-state index contributed by atoms with van der Waals surface area (Å²) in [7, 11) is 0. The number of aryl methyl sites for hydroxylation is 1. The number of carbonyl (C=O) groups excluding carboxylic acids is 1. The van der Waals surface area contributed by atoms with Crippen LogP contribution in [0.1, 0.15) is 41.9 Å². The van der Waals surface area contributed by atoms with E-state index in [-0.39, 0.29) is 11.6 Å². The highest BCUT2D eigenvalue weighted by Crippen LogP contribution is 2.28. The molecule has 0 saturated heterocycles. The van der Waals surface area contributed by atoms with Gasteiger partial charge in [0.15, 0.2) is 0 Å². The quantitative estimate of drug-likeness (QED) is 0.813. The van der Waals surface area contributed by atoms with Gasteiger partial charge in [0, 0.05) is 12.7 Å². The summed E-state index contributed by atoms with van der Waals surface area (Å²) in [6, 6.07) is 0. The Morgan fingerprint density at radius 2 is 2.12 bits per heavy atom. The number of carbonyl (C=O) groups is 1. The van der Waals surface area contributed by atoms with Gasteiger partial charge in [-0.05, 0) is 19.8 Å². The maximum absolute atomic E-state index is 11.7. The van der Waals surface area contributed by atoms with Crippen molar-refractivity contribution in [2.24, 2.45) is 0 Å². The largest absolute Gasteiger partial charge is 0.388 e. The Kier molecular flexibility index (Phi) is 3.38. The Morgan fingerprint density at radius 3 is 2.71 bits per heavy atom.